The van der Waals surface area contributed by atoms with Crippen LogP contribution in [0, 0.1) is 0 Å². The van der Waals surface area contributed by atoms with E-state index in [0.29, 0.717) is 18.4 Å². The van der Waals surface area contributed by atoms with Crippen LogP contribution in [-0.2, 0) is 30.3 Å². The highest BCUT2D eigenvalue weighted by Crippen LogP contribution is 2.52. The van der Waals surface area contributed by atoms with Gasteiger partial charge in [-0.1, -0.05) is 78.4 Å². The maximum atomic E-state index is 14.9. The van der Waals surface area contributed by atoms with E-state index in [9.17, 15) is 13.8 Å². The maximum absolute atomic E-state index is 14.9. The first-order valence-electron chi connectivity index (χ1n) is 14.1. The van der Waals surface area contributed by atoms with Crippen LogP contribution in [0.4, 0.5) is 0 Å². The molecule has 4 atom stereocenters. The number of aromatic nitrogens is 2. The van der Waals surface area contributed by atoms with Gasteiger partial charge in [0.15, 0.2) is 20.8 Å². The summed E-state index contributed by atoms with van der Waals surface area (Å²) in [6, 6.07) is 9.72. The van der Waals surface area contributed by atoms with Crippen molar-refractivity contribution in [1.29, 1.82) is 0 Å². The Labute approximate surface area is 248 Å². The van der Waals surface area contributed by atoms with Crippen LogP contribution in [0.2, 0.25) is 36.3 Å². The molecule has 1 aliphatic heterocycles. The molecule has 0 saturated carbocycles. The van der Waals surface area contributed by atoms with Crippen molar-refractivity contribution in [3.63, 3.8) is 0 Å². The summed E-state index contributed by atoms with van der Waals surface area (Å²) >= 11 is 1.41. The Bertz CT molecular complexity index is 1330. The molecule has 3 rings (SSSR count). The third kappa shape index (κ3) is 6.70. The number of H-pyrrole nitrogens is 1. The van der Waals surface area contributed by atoms with Crippen LogP contribution in [0.15, 0.2) is 51.0 Å². The zero-order chi connectivity index (χ0) is 30.3. The number of nitrogens with one attached hydrogen (secondary N) is 1. The van der Waals surface area contributed by atoms with Gasteiger partial charge >= 0.3 is 5.69 Å². The van der Waals surface area contributed by atoms with Gasteiger partial charge in [0, 0.05) is 23.1 Å². The van der Waals surface area contributed by atoms with Crippen molar-refractivity contribution in [3.8, 4) is 0 Å². The number of aryl methyl sites for hydroxylation is 1. The van der Waals surface area contributed by atoms with E-state index in [1.807, 2.05) is 37.3 Å². The molecule has 40 heavy (non-hydrogen) atoms. The quantitative estimate of drug-likeness (QED) is 0.323. The van der Waals surface area contributed by atoms with E-state index in [2.05, 4.69) is 72.7 Å². The van der Waals surface area contributed by atoms with Crippen LogP contribution in [0.25, 0.3) is 0 Å². The number of rotatable bonds is 9. The van der Waals surface area contributed by atoms with Gasteiger partial charge in [0.1, 0.15) is 0 Å². The Morgan fingerprint density at radius 1 is 1.02 bits per heavy atom. The van der Waals surface area contributed by atoms with Crippen molar-refractivity contribution < 1.29 is 13.1 Å². The fourth-order valence-corrected chi connectivity index (χ4v) is 10.7. The molecule has 0 spiro atoms. The summed E-state index contributed by atoms with van der Waals surface area (Å²) < 4.78 is 28.9. The van der Waals surface area contributed by atoms with Gasteiger partial charge in [-0.15, -0.1) is 0 Å². The second-order valence-corrected chi connectivity index (χ2v) is 26.8. The summed E-state index contributed by atoms with van der Waals surface area (Å²) in [5.74, 6) is 0. The molecule has 11 heteroatoms. The van der Waals surface area contributed by atoms with Gasteiger partial charge in [0.05, 0.1) is 28.8 Å². The number of nitrogens with zero attached hydrogens (tertiary/aromatic N) is 1. The molecular formula is C29H48N2O5S2Si2. The summed E-state index contributed by atoms with van der Waals surface area (Å²) in [4.78, 5) is 29.4. The Balaban J connectivity index is 2.21. The highest BCUT2D eigenvalue weighted by atomic mass is 32.2. The molecule has 1 aliphatic rings. The van der Waals surface area contributed by atoms with E-state index in [0.717, 1.165) is 4.90 Å². The van der Waals surface area contributed by atoms with E-state index < -0.39 is 48.1 Å². The molecular weight excluding hydrogens is 577 g/mol. The van der Waals surface area contributed by atoms with Crippen LogP contribution < -0.4 is 11.2 Å². The lowest BCUT2D eigenvalue weighted by Gasteiger charge is -2.40. The largest absolute Gasteiger partial charge is 0.416 e. The van der Waals surface area contributed by atoms with Crippen molar-refractivity contribution in [2.45, 2.75) is 118 Å². The molecule has 2 aromatic rings. The molecule has 0 amide bonds. The minimum Gasteiger partial charge on any atom is -0.416 e. The van der Waals surface area contributed by atoms with E-state index in [4.69, 9.17) is 8.85 Å². The van der Waals surface area contributed by atoms with Gasteiger partial charge in [-0.25, -0.2) is 4.79 Å². The number of hydrogen-bond donors (Lipinski definition) is 1. The highest BCUT2D eigenvalue weighted by Gasteiger charge is 2.58. The lowest BCUT2D eigenvalue weighted by molar-refractivity contribution is 0.142. The first-order valence-corrected chi connectivity index (χ1v) is 21.9. The van der Waals surface area contributed by atoms with Gasteiger partial charge in [-0.2, -0.15) is 0 Å². The SMILES string of the molecule is CCc1cn(C2(Sc3ccccc3)CC(O[Si](C)(C)C(C)(C)C)C(CO[Si](C)(C)C(C)(C)C)S2=O)c(=O)[nH]c1=O. The van der Waals surface area contributed by atoms with Crippen LogP contribution in [0.3, 0.4) is 0 Å². The number of hydrogen-bond acceptors (Lipinski definition) is 6. The van der Waals surface area contributed by atoms with Crippen LogP contribution in [0.1, 0.15) is 60.5 Å². The Morgan fingerprint density at radius 2 is 1.60 bits per heavy atom. The highest BCUT2D eigenvalue weighted by molar-refractivity contribution is 8.11. The van der Waals surface area contributed by atoms with Crippen LogP contribution >= 0.6 is 11.8 Å². The van der Waals surface area contributed by atoms with Gasteiger partial charge < -0.3 is 8.85 Å². The van der Waals surface area contributed by atoms with Crippen molar-refractivity contribution in [3.05, 3.63) is 62.9 Å². The minimum atomic E-state index is -2.28. The molecule has 1 saturated heterocycles. The number of thioether (sulfide) groups is 1. The fraction of sp³-hybridized carbons (Fsp3) is 0.655. The average molecular weight is 625 g/mol. The standard InChI is InChI=1S/C29H48N2O5S2Si2/c1-12-21-19-31(26(33)30-25(21)32)29(37-22-16-14-13-15-17-22)18-23(36-40(10,11)28(5,6)7)24(38(29)34)20-35-39(8,9)27(2,3)4/h13-17,19,23-24H,12,18,20H2,1-11H3,(H,30,32,33). The summed E-state index contributed by atoms with van der Waals surface area (Å²) in [6.07, 6.45) is 2.03. The van der Waals surface area contributed by atoms with Crippen molar-refractivity contribution >= 4 is 39.2 Å². The van der Waals surface area contributed by atoms with Gasteiger partial charge in [-0.3, -0.25) is 18.6 Å². The number of aromatic amines is 1. The molecule has 1 N–H and O–H groups in total. The summed E-state index contributed by atoms with van der Waals surface area (Å²) in [7, 11) is -6.03. The average Bonchev–Trinajstić information content (AvgIpc) is 3.07. The molecule has 1 aromatic carbocycles. The van der Waals surface area contributed by atoms with E-state index >= 15 is 0 Å². The topological polar surface area (TPSA) is 90.4 Å². The van der Waals surface area contributed by atoms with Crippen LogP contribution in [0.5, 0.6) is 0 Å². The second kappa shape index (κ2) is 11.8. The monoisotopic (exact) mass is 624 g/mol. The predicted molar refractivity (Wildman–Crippen MR) is 173 cm³/mol. The van der Waals surface area contributed by atoms with Gasteiger partial charge in [0.25, 0.3) is 5.56 Å². The van der Waals surface area contributed by atoms with Crippen LogP contribution in [-0.4, -0.2) is 48.4 Å². The molecule has 224 valence electrons. The zero-order valence-electron chi connectivity index (χ0n) is 26.0. The molecule has 2 heterocycles. The second-order valence-electron chi connectivity index (χ2n) is 13.8. The van der Waals surface area contributed by atoms with E-state index in [1.165, 1.54) is 16.3 Å². The lowest BCUT2D eigenvalue weighted by Crippen LogP contribution is -2.48. The predicted octanol–water partition coefficient (Wildman–Crippen LogP) is 6.43. The van der Waals surface area contributed by atoms with Gasteiger partial charge in [0.2, 0.25) is 0 Å². The third-order valence-corrected chi connectivity index (χ3v) is 21.8. The minimum absolute atomic E-state index is 0.00929. The molecule has 4 unspecified atom stereocenters. The van der Waals surface area contributed by atoms with Crippen molar-refractivity contribution in [2.24, 2.45) is 0 Å². The molecule has 0 aliphatic carbocycles. The van der Waals surface area contributed by atoms with E-state index in [1.54, 1.807) is 6.20 Å². The van der Waals surface area contributed by atoms with E-state index in [-0.39, 0.29) is 22.8 Å². The molecule has 1 fully saturated rings. The molecule has 0 bridgehead atoms. The first kappa shape index (κ1) is 33.3. The Kier molecular flexibility index (Phi) is 9.81. The Hall–Kier alpha value is -1.25. The van der Waals surface area contributed by atoms with Gasteiger partial charge in [-0.05, 0) is 54.8 Å². The fourth-order valence-electron chi connectivity index (χ4n) is 4.21. The maximum Gasteiger partial charge on any atom is 0.330 e. The molecule has 1 aromatic heterocycles. The summed E-state index contributed by atoms with van der Waals surface area (Å²) in [5, 5.41) is -0.505. The van der Waals surface area contributed by atoms with Crippen molar-refractivity contribution in [1.82, 2.24) is 9.55 Å². The normalized spacial score (nSPS) is 24.4. The smallest absolute Gasteiger partial charge is 0.330 e. The molecule has 7 nitrogen and oxygen atoms in total. The lowest BCUT2D eigenvalue weighted by atomic mass is 10.2. The summed E-state index contributed by atoms with van der Waals surface area (Å²) in [6.45, 7) is 24.1. The first-order chi connectivity index (χ1) is 18.3. The number of benzene rings is 1. The molecule has 0 radical (unpaired) electrons. The Morgan fingerprint density at radius 3 is 2.12 bits per heavy atom. The van der Waals surface area contributed by atoms with Crippen molar-refractivity contribution in [2.75, 3.05) is 6.61 Å². The third-order valence-electron chi connectivity index (χ3n) is 8.91. The summed E-state index contributed by atoms with van der Waals surface area (Å²) in [5.41, 5.74) is -0.484. The zero-order valence-corrected chi connectivity index (χ0v) is 29.7.